The van der Waals surface area contributed by atoms with Gasteiger partial charge in [-0.15, -0.1) is 0 Å². The molecule has 1 aliphatic rings. The summed E-state index contributed by atoms with van der Waals surface area (Å²) in [6.45, 7) is 1.77. The molecule has 5 nitrogen and oxygen atoms in total. The number of benzene rings is 1. The van der Waals surface area contributed by atoms with Gasteiger partial charge >= 0.3 is 0 Å². The Kier molecular flexibility index (Phi) is 3.44. The third-order valence-corrected chi connectivity index (χ3v) is 4.03. The van der Waals surface area contributed by atoms with Crippen molar-refractivity contribution in [3.05, 3.63) is 30.1 Å². The van der Waals surface area contributed by atoms with Crippen LogP contribution in [0.2, 0.25) is 0 Å². The monoisotopic (exact) mass is 273 g/mol. The van der Waals surface area contributed by atoms with E-state index in [1.807, 2.05) is 29.8 Å². The number of likely N-dealkylation sites (N-methyl/N-ethyl adjacent to an activating group) is 1. The number of aryl methyl sites for hydroxylation is 1. The van der Waals surface area contributed by atoms with E-state index in [4.69, 9.17) is 5.11 Å². The van der Waals surface area contributed by atoms with E-state index < -0.39 is 0 Å². The first-order valence-corrected chi connectivity index (χ1v) is 7.01. The molecule has 1 fully saturated rings. The molecule has 2 aromatic rings. The first kappa shape index (κ1) is 13.1. The van der Waals surface area contributed by atoms with Gasteiger partial charge in [-0.05, 0) is 30.5 Å². The van der Waals surface area contributed by atoms with Gasteiger partial charge in [0.2, 0.25) is 5.91 Å². The van der Waals surface area contributed by atoms with Crippen LogP contribution >= 0.6 is 0 Å². The number of hydrogen-bond donors (Lipinski definition) is 1. The number of aliphatic hydroxyl groups is 1. The van der Waals surface area contributed by atoms with Crippen molar-refractivity contribution < 1.29 is 9.90 Å². The molecule has 0 bridgehead atoms. The van der Waals surface area contributed by atoms with Gasteiger partial charge in [0.15, 0.2) is 0 Å². The van der Waals surface area contributed by atoms with E-state index in [-0.39, 0.29) is 18.4 Å². The lowest BCUT2D eigenvalue weighted by molar-refractivity contribution is -0.127. The van der Waals surface area contributed by atoms with Crippen molar-refractivity contribution in [3.63, 3.8) is 0 Å². The second-order valence-corrected chi connectivity index (χ2v) is 5.36. The molecule has 3 rings (SSSR count). The van der Waals surface area contributed by atoms with E-state index >= 15 is 0 Å². The molecule has 1 aromatic carbocycles. The number of amides is 1. The number of nitrogens with zero attached hydrogens (tertiary/aromatic N) is 3. The van der Waals surface area contributed by atoms with Crippen LogP contribution in [0.4, 0.5) is 0 Å². The molecule has 1 aliphatic heterocycles. The van der Waals surface area contributed by atoms with Gasteiger partial charge in [-0.3, -0.25) is 4.79 Å². The summed E-state index contributed by atoms with van der Waals surface area (Å²) in [6, 6.07) is 6.08. The third kappa shape index (κ3) is 2.18. The average molecular weight is 273 g/mol. The van der Waals surface area contributed by atoms with Crippen molar-refractivity contribution in [1.82, 2.24) is 14.5 Å². The summed E-state index contributed by atoms with van der Waals surface area (Å²) >= 11 is 0. The van der Waals surface area contributed by atoms with Gasteiger partial charge in [0.1, 0.15) is 0 Å². The van der Waals surface area contributed by atoms with Gasteiger partial charge in [0.25, 0.3) is 0 Å². The third-order valence-electron chi connectivity index (χ3n) is 4.03. The summed E-state index contributed by atoms with van der Waals surface area (Å²) in [7, 11) is 1.85. The molecule has 2 heterocycles. The molecule has 1 unspecified atom stereocenters. The fraction of sp³-hybridized carbons (Fsp3) is 0.467. The van der Waals surface area contributed by atoms with Gasteiger partial charge in [-0.25, -0.2) is 4.98 Å². The molecule has 0 spiro atoms. The van der Waals surface area contributed by atoms with Crippen LogP contribution in [0, 0.1) is 0 Å². The number of likely N-dealkylation sites (tertiary alicyclic amines) is 1. The number of hydrogen-bond acceptors (Lipinski definition) is 3. The van der Waals surface area contributed by atoms with E-state index in [0.29, 0.717) is 0 Å². The summed E-state index contributed by atoms with van der Waals surface area (Å²) in [5.41, 5.74) is 3.03. The lowest BCUT2D eigenvalue weighted by Gasteiger charge is -2.10. The quantitative estimate of drug-likeness (QED) is 0.915. The number of rotatable bonds is 4. The predicted octanol–water partition coefficient (Wildman–Crippen LogP) is 1.36. The molecule has 0 radical (unpaired) electrons. The molecule has 5 heteroatoms. The fourth-order valence-corrected chi connectivity index (χ4v) is 2.85. The van der Waals surface area contributed by atoms with Gasteiger partial charge in [0.05, 0.1) is 23.3 Å². The molecule has 20 heavy (non-hydrogen) atoms. The van der Waals surface area contributed by atoms with Crippen LogP contribution in [0.15, 0.2) is 24.5 Å². The maximum atomic E-state index is 12.1. The Bertz CT molecular complexity index is 635. The zero-order valence-corrected chi connectivity index (χ0v) is 11.6. The Morgan fingerprint density at radius 2 is 2.30 bits per heavy atom. The number of imidazole rings is 1. The molecular weight excluding hydrogens is 254 g/mol. The van der Waals surface area contributed by atoms with Crippen LogP contribution in [0.1, 0.15) is 24.3 Å². The van der Waals surface area contributed by atoms with Crippen LogP contribution < -0.4 is 0 Å². The van der Waals surface area contributed by atoms with Crippen molar-refractivity contribution >= 4 is 16.9 Å². The molecule has 1 N–H and O–H groups in total. The molecule has 0 saturated carbocycles. The SMILES string of the molecule is CN1CCC(c2ccc3c(c2)ncn3CCCO)C1=O. The van der Waals surface area contributed by atoms with Crippen LogP contribution in [0.3, 0.4) is 0 Å². The Labute approximate surface area is 117 Å². The Hall–Kier alpha value is -1.88. The number of carbonyl (C=O) groups is 1. The van der Waals surface area contributed by atoms with Crippen molar-refractivity contribution in [2.45, 2.75) is 25.3 Å². The van der Waals surface area contributed by atoms with Crippen LogP contribution in [-0.2, 0) is 11.3 Å². The average Bonchev–Trinajstić information content (AvgIpc) is 3.01. The minimum Gasteiger partial charge on any atom is -0.396 e. The molecular formula is C15H19N3O2. The predicted molar refractivity (Wildman–Crippen MR) is 76.4 cm³/mol. The summed E-state index contributed by atoms with van der Waals surface area (Å²) in [4.78, 5) is 18.3. The van der Waals surface area contributed by atoms with Crippen molar-refractivity contribution in [1.29, 1.82) is 0 Å². The first-order chi connectivity index (χ1) is 9.70. The lowest BCUT2D eigenvalue weighted by Crippen LogP contribution is -2.21. The zero-order chi connectivity index (χ0) is 14.1. The second-order valence-electron chi connectivity index (χ2n) is 5.36. The summed E-state index contributed by atoms with van der Waals surface area (Å²) in [5.74, 6) is 0.177. The summed E-state index contributed by atoms with van der Waals surface area (Å²) in [6.07, 6.45) is 3.40. The van der Waals surface area contributed by atoms with Gasteiger partial charge in [-0.1, -0.05) is 6.07 Å². The van der Waals surface area contributed by atoms with Crippen molar-refractivity contribution in [2.24, 2.45) is 0 Å². The highest BCUT2D eigenvalue weighted by molar-refractivity contribution is 5.87. The molecule has 1 aromatic heterocycles. The van der Waals surface area contributed by atoms with E-state index in [9.17, 15) is 4.79 Å². The molecule has 1 saturated heterocycles. The smallest absolute Gasteiger partial charge is 0.229 e. The highest BCUT2D eigenvalue weighted by Gasteiger charge is 2.30. The molecule has 1 amide bonds. The first-order valence-electron chi connectivity index (χ1n) is 7.01. The second kappa shape index (κ2) is 5.25. The summed E-state index contributed by atoms with van der Waals surface area (Å²) < 4.78 is 2.04. The topological polar surface area (TPSA) is 58.4 Å². The molecule has 0 aliphatic carbocycles. The number of aromatic nitrogens is 2. The standard InChI is InChI=1S/C15H19N3O2/c1-17-7-5-12(15(17)20)11-3-4-14-13(9-11)16-10-18(14)6-2-8-19/h3-4,9-10,12,19H,2,5-8H2,1H3. The highest BCUT2D eigenvalue weighted by atomic mass is 16.3. The van der Waals surface area contributed by atoms with Crippen molar-refractivity contribution in [3.8, 4) is 0 Å². The van der Waals surface area contributed by atoms with Gasteiger partial charge in [-0.2, -0.15) is 0 Å². The normalized spacial score (nSPS) is 19.2. The largest absolute Gasteiger partial charge is 0.396 e. The minimum atomic E-state index is -0.0213. The van der Waals surface area contributed by atoms with E-state index in [2.05, 4.69) is 4.98 Å². The Morgan fingerprint density at radius 3 is 3.00 bits per heavy atom. The maximum absolute atomic E-state index is 12.1. The minimum absolute atomic E-state index is 0.0213. The Morgan fingerprint density at radius 1 is 1.45 bits per heavy atom. The highest BCUT2D eigenvalue weighted by Crippen LogP contribution is 2.29. The number of carbonyl (C=O) groups excluding carboxylic acids is 1. The number of fused-ring (bicyclic) bond motifs is 1. The van der Waals surface area contributed by atoms with Crippen LogP contribution in [0.25, 0.3) is 11.0 Å². The van der Waals surface area contributed by atoms with E-state index in [0.717, 1.165) is 42.5 Å². The van der Waals surface area contributed by atoms with Gasteiger partial charge in [0, 0.05) is 26.7 Å². The fourth-order valence-electron chi connectivity index (χ4n) is 2.85. The maximum Gasteiger partial charge on any atom is 0.229 e. The van der Waals surface area contributed by atoms with Crippen molar-refractivity contribution in [2.75, 3.05) is 20.2 Å². The van der Waals surface area contributed by atoms with Crippen LogP contribution in [-0.4, -0.2) is 45.7 Å². The molecule has 106 valence electrons. The zero-order valence-electron chi connectivity index (χ0n) is 11.6. The van der Waals surface area contributed by atoms with Crippen LogP contribution in [0.5, 0.6) is 0 Å². The van der Waals surface area contributed by atoms with E-state index in [1.165, 1.54) is 0 Å². The summed E-state index contributed by atoms with van der Waals surface area (Å²) in [5, 5.41) is 8.90. The molecule has 1 atom stereocenters. The lowest BCUT2D eigenvalue weighted by atomic mass is 9.97. The van der Waals surface area contributed by atoms with Gasteiger partial charge < -0.3 is 14.6 Å². The Balaban J connectivity index is 1.90. The van der Waals surface area contributed by atoms with E-state index in [1.54, 1.807) is 11.2 Å². The number of aliphatic hydroxyl groups excluding tert-OH is 1.